The first kappa shape index (κ1) is 9.98. The number of aromatic amines is 1. The molecule has 0 aromatic carbocycles. The second-order valence-electron chi connectivity index (χ2n) is 3.20. The van der Waals surface area contributed by atoms with Gasteiger partial charge in [0.25, 0.3) is 0 Å². The van der Waals surface area contributed by atoms with Gasteiger partial charge in [-0.05, 0) is 25.1 Å². The van der Waals surface area contributed by atoms with Crippen LogP contribution in [-0.4, -0.2) is 15.2 Å². The number of halogens is 1. The topological polar surface area (TPSA) is 53.6 Å². The number of nitrogens with zero attached hydrogens (tertiary/aromatic N) is 2. The minimum atomic E-state index is 0.514. The van der Waals surface area contributed by atoms with Gasteiger partial charge in [0.05, 0.1) is 23.6 Å². The van der Waals surface area contributed by atoms with E-state index < -0.39 is 0 Å². The molecule has 0 aliphatic heterocycles. The molecule has 2 aromatic heterocycles. The fourth-order valence-electron chi connectivity index (χ4n) is 1.29. The van der Waals surface area contributed by atoms with E-state index in [1.165, 1.54) is 0 Å². The van der Waals surface area contributed by atoms with Crippen LogP contribution in [-0.2, 0) is 6.54 Å². The molecule has 0 bridgehead atoms. The Morgan fingerprint density at radius 3 is 2.93 bits per heavy atom. The minimum absolute atomic E-state index is 0.514. The van der Waals surface area contributed by atoms with Crippen molar-refractivity contribution in [2.45, 2.75) is 13.5 Å². The van der Waals surface area contributed by atoms with Crippen molar-refractivity contribution in [3.05, 3.63) is 40.9 Å². The average molecular weight is 223 g/mol. The molecule has 0 fully saturated rings. The summed E-state index contributed by atoms with van der Waals surface area (Å²) in [6.45, 7) is 2.62. The van der Waals surface area contributed by atoms with Gasteiger partial charge in [0, 0.05) is 6.20 Å². The SMILES string of the molecule is Cc1nc(Cl)ccc1NCc1ccn[nH]1. The van der Waals surface area contributed by atoms with Crippen LogP contribution in [0.25, 0.3) is 0 Å². The minimum Gasteiger partial charge on any atom is -0.378 e. The maximum Gasteiger partial charge on any atom is 0.129 e. The number of aromatic nitrogens is 3. The number of anilines is 1. The van der Waals surface area contributed by atoms with Crippen LogP contribution in [0.1, 0.15) is 11.4 Å². The lowest BCUT2D eigenvalue weighted by Gasteiger charge is -2.07. The van der Waals surface area contributed by atoms with Gasteiger partial charge in [0.1, 0.15) is 5.15 Å². The second kappa shape index (κ2) is 4.31. The molecule has 0 aliphatic carbocycles. The summed E-state index contributed by atoms with van der Waals surface area (Å²) in [4.78, 5) is 4.15. The van der Waals surface area contributed by atoms with E-state index in [9.17, 15) is 0 Å². The molecule has 15 heavy (non-hydrogen) atoms. The Labute approximate surface area is 92.7 Å². The van der Waals surface area contributed by atoms with Crippen LogP contribution in [0.3, 0.4) is 0 Å². The van der Waals surface area contributed by atoms with E-state index in [4.69, 9.17) is 11.6 Å². The highest BCUT2D eigenvalue weighted by Crippen LogP contribution is 2.16. The molecule has 0 saturated heterocycles. The van der Waals surface area contributed by atoms with Crippen LogP contribution >= 0.6 is 11.6 Å². The molecule has 2 heterocycles. The average Bonchev–Trinajstić information content (AvgIpc) is 2.69. The number of nitrogens with one attached hydrogen (secondary N) is 2. The van der Waals surface area contributed by atoms with Crippen LogP contribution in [0.15, 0.2) is 24.4 Å². The first-order valence-electron chi connectivity index (χ1n) is 4.61. The lowest BCUT2D eigenvalue weighted by atomic mass is 10.3. The summed E-state index contributed by atoms with van der Waals surface area (Å²) >= 11 is 5.76. The second-order valence-corrected chi connectivity index (χ2v) is 3.59. The van der Waals surface area contributed by atoms with Crippen molar-refractivity contribution < 1.29 is 0 Å². The Balaban J connectivity index is 2.05. The standard InChI is InChI=1S/C10H11ClN4/c1-7-9(2-3-10(11)14-7)12-6-8-4-5-13-15-8/h2-5,12H,6H2,1H3,(H,13,15). The van der Waals surface area contributed by atoms with Crippen LogP contribution in [0.4, 0.5) is 5.69 Å². The number of rotatable bonds is 3. The Morgan fingerprint density at radius 2 is 2.27 bits per heavy atom. The zero-order valence-corrected chi connectivity index (χ0v) is 9.04. The molecular weight excluding hydrogens is 212 g/mol. The predicted molar refractivity (Wildman–Crippen MR) is 59.9 cm³/mol. The van der Waals surface area contributed by atoms with Crippen molar-refractivity contribution in [3.63, 3.8) is 0 Å². The maximum atomic E-state index is 5.76. The van der Waals surface area contributed by atoms with Crippen molar-refractivity contribution >= 4 is 17.3 Å². The highest BCUT2D eigenvalue weighted by Gasteiger charge is 2.00. The lowest BCUT2D eigenvalue weighted by Crippen LogP contribution is -2.02. The number of pyridine rings is 1. The third kappa shape index (κ3) is 2.47. The first-order valence-corrected chi connectivity index (χ1v) is 4.99. The molecule has 0 spiro atoms. The maximum absolute atomic E-state index is 5.76. The van der Waals surface area contributed by atoms with Crippen molar-refractivity contribution in [1.29, 1.82) is 0 Å². The molecule has 0 radical (unpaired) electrons. The van der Waals surface area contributed by atoms with Gasteiger partial charge >= 0.3 is 0 Å². The quantitative estimate of drug-likeness (QED) is 0.784. The summed E-state index contributed by atoms with van der Waals surface area (Å²) in [5.74, 6) is 0. The molecular formula is C10H11ClN4. The molecule has 0 atom stereocenters. The molecule has 2 rings (SSSR count). The number of aryl methyl sites for hydroxylation is 1. The monoisotopic (exact) mass is 222 g/mol. The van der Waals surface area contributed by atoms with Gasteiger partial charge in [-0.1, -0.05) is 11.6 Å². The first-order chi connectivity index (χ1) is 7.25. The third-order valence-corrected chi connectivity index (χ3v) is 2.29. The lowest BCUT2D eigenvalue weighted by molar-refractivity contribution is 0.977. The van der Waals surface area contributed by atoms with Crippen LogP contribution in [0, 0.1) is 6.92 Å². The normalized spacial score (nSPS) is 10.3. The van der Waals surface area contributed by atoms with Crippen LogP contribution < -0.4 is 5.32 Å². The summed E-state index contributed by atoms with van der Waals surface area (Å²) in [7, 11) is 0. The molecule has 0 aliphatic rings. The van der Waals surface area contributed by atoms with Gasteiger partial charge in [0.2, 0.25) is 0 Å². The third-order valence-electron chi connectivity index (χ3n) is 2.08. The number of hydrogen-bond donors (Lipinski definition) is 2. The fraction of sp³-hybridized carbons (Fsp3) is 0.200. The van der Waals surface area contributed by atoms with Gasteiger partial charge < -0.3 is 5.32 Å². The Bertz CT molecular complexity index is 439. The molecule has 2 N–H and O–H groups in total. The highest BCUT2D eigenvalue weighted by molar-refractivity contribution is 6.29. The van der Waals surface area contributed by atoms with Gasteiger partial charge in [-0.2, -0.15) is 5.10 Å². The van der Waals surface area contributed by atoms with E-state index in [0.717, 1.165) is 17.1 Å². The van der Waals surface area contributed by atoms with E-state index in [1.807, 2.05) is 19.1 Å². The van der Waals surface area contributed by atoms with Gasteiger partial charge in [-0.15, -0.1) is 0 Å². The summed E-state index contributed by atoms with van der Waals surface area (Å²) in [6.07, 6.45) is 1.73. The van der Waals surface area contributed by atoms with E-state index >= 15 is 0 Å². The molecule has 0 unspecified atom stereocenters. The molecule has 0 amide bonds. The Hall–Kier alpha value is -1.55. The largest absolute Gasteiger partial charge is 0.378 e. The van der Waals surface area contributed by atoms with E-state index in [1.54, 1.807) is 12.3 Å². The van der Waals surface area contributed by atoms with Crippen molar-refractivity contribution in [3.8, 4) is 0 Å². The van der Waals surface area contributed by atoms with E-state index in [0.29, 0.717) is 11.7 Å². The summed E-state index contributed by atoms with van der Waals surface area (Å²) < 4.78 is 0. The van der Waals surface area contributed by atoms with E-state index in [2.05, 4.69) is 20.5 Å². The highest BCUT2D eigenvalue weighted by atomic mass is 35.5. The smallest absolute Gasteiger partial charge is 0.129 e. The molecule has 2 aromatic rings. The van der Waals surface area contributed by atoms with Gasteiger partial charge in [-0.3, -0.25) is 5.10 Å². The fourth-order valence-corrected chi connectivity index (χ4v) is 1.48. The Kier molecular flexibility index (Phi) is 2.87. The van der Waals surface area contributed by atoms with Gasteiger partial charge in [-0.25, -0.2) is 4.98 Å². The van der Waals surface area contributed by atoms with Crippen LogP contribution in [0.5, 0.6) is 0 Å². The summed E-state index contributed by atoms with van der Waals surface area (Å²) in [5, 5.41) is 10.5. The van der Waals surface area contributed by atoms with Crippen molar-refractivity contribution in [2.24, 2.45) is 0 Å². The van der Waals surface area contributed by atoms with Crippen molar-refractivity contribution in [1.82, 2.24) is 15.2 Å². The molecule has 5 heteroatoms. The molecule has 4 nitrogen and oxygen atoms in total. The van der Waals surface area contributed by atoms with E-state index in [-0.39, 0.29) is 0 Å². The van der Waals surface area contributed by atoms with Gasteiger partial charge in [0.15, 0.2) is 0 Å². The van der Waals surface area contributed by atoms with Crippen molar-refractivity contribution in [2.75, 3.05) is 5.32 Å². The molecule has 0 saturated carbocycles. The Morgan fingerprint density at radius 1 is 1.40 bits per heavy atom. The zero-order valence-electron chi connectivity index (χ0n) is 8.29. The summed E-state index contributed by atoms with van der Waals surface area (Å²) in [6, 6.07) is 5.61. The predicted octanol–water partition coefficient (Wildman–Crippen LogP) is 2.38. The summed E-state index contributed by atoms with van der Waals surface area (Å²) in [5.41, 5.74) is 2.90. The number of H-pyrrole nitrogens is 1. The van der Waals surface area contributed by atoms with Crippen LogP contribution in [0.2, 0.25) is 5.15 Å². The number of hydrogen-bond acceptors (Lipinski definition) is 3. The molecule has 78 valence electrons. The zero-order chi connectivity index (χ0) is 10.7.